The van der Waals surface area contributed by atoms with E-state index in [9.17, 15) is 0 Å². The van der Waals surface area contributed by atoms with Gasteiger partial charge in [-0.1, -0.05) is 121 Å². The first-order valence-corrected chi connectivity index (χ1v) is 20.2. The summed E-state index contributed by atoms with van der Waals surface area (Å²) < 4.78 is 0. The second-order valence-electron chi connectivity index (χ2n) is 16.3. The van der Waals surface area contributed by atoms with Crippen LogP contribution in [0.4, 0.5) is 0 Å². The Labute approximate surface area is 331 Å². The molecule has 1 aliphatic rings. The van der Waals surface area contributed by atoms with Crippen LogP contribution < -0.4 is 0 Å². The van der Waals surface area contributed by atoms with Crippen molar-refractivity contribution in [2.45, 2.75) is 0 Å². The summed E-state index contributed by atoms with van der Waals surface area (Å²) in [6.07, 6.45) is 3.87. The number of benzene rings is 10. The smallest absolute Gasteiger partial charge is 0.0714 e. The Hall–Kier alpha value is -7.68. The monoisotopic (exact) mass is 728 g/mol. The number of fused-ring (bicyclic) bond motifs is 12. The van der Waals surface area contributed by atoms with Crippen LogP contribution >= 0.6 is 0 Å². The Morgan fingerprint density at radius 3 is 1.17 bits per heavy atom. The van der Waals surface area contributed by atoms with Gasteiger partial charge in [0, 0.05) is 34.3 Å². The van der Waals surface area contributed by atoms with Gasteiger partial charge in [0.1, 0.15) is 0 Å². The molecule has 0 atom stereocenters. The van der Waals surface area contributed by atoms with Gasteiger partial charge in [0.25, 0.3) is 0 Å². The van der Waals surface area contributed by atoms with Crippen LogP contribution in [0.3, 0.4) is 0 Å². The maximum Gasteiger partial charge on any atom is 0.0714 e. The quantitative estimate of drug-likeness (QED) is 0.131. The molecule has 12 aromatic carbocycles. The molecule has 0 spiro atoms. The normalized spacial score (nSPS) is 12.8. The fraction of sp³-hybridized carbons (Fsp3) is 0. The molecular formula is C56H28N2. The maximum absolute atomic E-state index is 5.12. The van der Waals surface area contributed by atoms with Crippen LogP contribution in [0.15, 0.2) is 170 Å². The van der Waals surface area contributed by atoms with E-state index in [2.05, 4.69) is 146 Å². The molecule has 14 aromatic rings. The predicted octanol–water partition coefficient (Wildman–Crippen LogP) is 15.3. The molecule has 0 saturated heterocycles. The second kappa shape index (κ2) is 10.2. The highest BCUT2D eigenvalue weighted by molar-refractivity contribution is 6.47. The summed E-state index contributed by atoms with van der Waals surface area (Å²) in [4.78, 5) is 10.2. The van der Waals surface area contributed by atoms with Gasteiger partial charge in [-0.15, -0.1) is 0 Å². The minimum absolute atomic E-state index is 0.982. The van der Waals surface area contributed by atoms with Crippen molar-refractivity contribution in [3.8, 4) is 44.8 Å². The highest BCUT2D eigenvalue weighted by Crippen LogP contribution is 2.56. The average molecular weight is 729 g/mol. The Kier molecular flexibility index (Phi) is 5.20. The zero-order chi connectivity index (χ0) is 37.4. The van der Waals surface area contributed by atoms with Gasteiger partial charge in [-0.25, -0.2) is 0 Å². The third-order valence-electron chi connectivity index (χ3n) is 13.7. The van der Waals surface area contributed by atoms with E-state index in [0.29, 0.717) is 0 Å². The van der Waals surface area contributed by atoms with E-state index in [-0.39, 0.29) is 0 Å². The lowest BCUT2D eigenvalue weighted by Crippen LogP contribution is -1.92. The van der Waals surface area contributed by atoms with Crippen LogP contribution in [-0.4, -0.2) is 9.97 Å². The van der Waals surface area contributed by atoms with E-state index in [0.717, 1.165) is 11.4 Å². The molecule has 0 radical (unpaired) electrons. The molecule has 2 heterocycles. The average Bonchev–Trinajstić information content (AvgIpc) is 3.91. The van der Waals surface area contributed by atoms with Gasteiger partial charge in [0.05, 0.1) is 11.4 Å². The largest absolute Gasteiger partial charge is 0.256 e. The van der Waals surface area contributed by atoms with Crippen LogP contribution in [-0.2, 0) is 0 Å². The van der Waals surface area contributed by atoms with Gasteiger partial charge in [-0.3, -0.25) is 9.97 Å². The van der Waals surface area contributed by atoms with E-state index in [1.807, 2.05) is 24.5 Å². The Morgan fingerprint density at radius 2 is 0.672 bits per heavy atom. The lowest BCUT2D eigenvalue weighted by atomic mass is 9.87. The van der Waals surface area contributed by atoms with Gasteiger partial charge < -0.3 is 0 Å². The lowest BCUT2D eigenvalue weighted by molar-refractivity contribution is 1.33. The Morgan fingerprint density at radius 1 is 0.241 bits per heavy atom. The predicted molar refractivity (Wildman–Crippen MR) is 246 cm³/mol. The minimum Gasteiger partial charge on any atom is -0.256 e. The molecule has 0 fully saturated rings. The molecule has 0 unspecified atom stereocenters. The third-order valence-corrected chi connectivity index (χ3v) is 13.7. The van der Waals surface area contributed by atoms with Crippen molar-refractivity contribution in [3.05, 3.63) is 170 Å². The van der Waals surface area contributed by atoms with Crippen molar-refractivity contribution in [2.75, 3.05) is 0 Å². The van der Waals surface area contributed by atoms with Crippen LogP contribution in [0.1, 0.15) is 0 Å². The highest BCUT2D eigenvalue weighted by atomic mass is 14.7. The number of hydrogen-bond donors (Lipinski definition) is 0. The molecule has 0 amide bonds. The molecule has 1 aliphatic carbocycles. The van der Waals surface area contributed by atoms with Crippen LogP contribution in [0.25, 0.3) is 152 Å². The number of aromatic nitrogens is 2. The van der Waals surface area contributed by atoms with Gasteiger partial charge in [-0.05, 0) is 156 Å². The fourth-order valence-electron chi connectivity index (χ4n) is 11.6. The molecule has 2 aromatic heterocycles. The van der Waals surface area contributed by atoms with Gasteiger partial charge in [0.15, 0.2) is 0 Å². The molecule has 2 nitrogen and oxygen atoms in total. The number of hydrogen-bond acceptors (Lipinski definition) is 2. The molecule has 2 heteroatoms. The summed E-state index contributed by atoms with van der Waals surface area (Å²) in [5.41, 5.74) is 9.67. The summed E-state index contributed by atoms with van der Waals surface area (Å²) in [6, 6.07) is 59.0. The summed E-state index contributed by atoms with van der Waals surface area (Å²) in [5.74, 6) is 0. The van der Waals surface area contributed by atoms with E-state index in [4.69, 9.17) is 9.97 Å². The molecule has 0 saturated carbocycles. The first-order chi connectivity index (χ1) is 28.8. The zero-order valence-electron chi connectivity index (χ0n) is 31.1. The van der Waals surface area contributed by atoms with Gasteiger partial charge in [-0.2, -0.15) is 0 Å². The van der Waals surface area contributed by atoms with Crippen molar-refractivity contribution in [1.29, 1.82) is 0 Å². The topological polar surface area (TPSA) is 25.8 Å². The van der Waals surface area contributed by atoms with Gasteiger partial charge >= 0.3 is 0 Å². The van der Waals surface area contributed by atoms with Crippen LogP contribution in [0.2, 0.25) is 0 Å². The number of rotatable bonds is 2. The SMILES string of the molecule is c1ccc(-c2c3cc4c(cc3c(-c3ccccn3)c3c5ccc6c7ccc8c9c(ccc(c%10ccc(c23)c5c%106)c97)-c2ccccc2-8)c2cccc3cccc4c32)nc1. The minimum atomic E-state index is 0.982. The first-order valence-electron chi connectivity index (χ1n) is 20.2. The molecule has 58 heavy (non-hydrogen) atoms. The van der Waals surface area contributed by atoms with Crippen LogP contribution in [0.5, 0.6) is 0 Å². The van der Waals surface area contributed by atoms with Crippen molar-refractivity contribution in [2.24, 2.45) is 0 Å². The van der Waals surface area contributed by atoms with Crippen molar-refractivity contribution < 1.29 is 0 Å². The molecule has 0 N–H and O–H groups in total. The second-order valence-corrected chi connectivity index (χ2v) is 16.3. The van der Waals surface area contributed by atoms with Crippen molar-refractivity contribution in [1.82, 2.24) is 9.97 Å². The van der Waals surface area contributed by atoms with Crippen molar-refractivity contribution >= 4 is 108 Å². The van der Waals surface area contributed by atoms with Crippen LogP contribution in [0, 0.1) is 0 Å². The molecular weight excluding hydrogens is 701 g/mol. The third kappa shape index (κ3) is 3.36. The molecule has 0 bridgehead atoms. The molecule has 15 rings (SSSR count). The number of pyridine rings is 2. The van der Waals surface area contributed by atoms with Gasteiger partial charge in [0.2, 0.25) is 0 Å². The first kappa shape index (κ1) is 29.6. The standard InChI is InChI=1S/C56H28N2/c1-2-12-31-30(11-1)34-17-19-36-38-21-23-40-52-41(24-22-39(51(38)52)37-20-18-35(31)49(34)50(36)37)56-54(47-16-4-6-26-58-47)45-28-43-33-14-8-10-29-9-7-13-32(48(29)33)42(43)27-44(45)53(55(40)56)46-15-3-5-25-57-46/h1-28H. The Bertz CT molecular complexity index is 3860. The summed E-state index contributed by atoms with van der Waals surface area (Å²) in [6.45, 7) is 0. The fourth-order valence-corrected chi connectivity index (χ4v) is 11.6. The van der Waals surface area contributed by atoms with E-state index in [1.165, 1.54) is 141 Å². The number of nitrogens with zero attached hydrogens (tertiary/aromatic N) is 2. The zero-order valence-corrected chi connectivity index (χ0v) is 31.1. The highest BCUT2D eigenvalue weighted by Gasteiger charge is 2.29. The van der Waals surface area contributed by atoms with E-state index in [1.54, 1.807) is 0 Å². The lowest BCUT2D eigenvalue weighted by Gasteiger charge is -2.16. The van der Waals surface area contributed by atoms with E-state index >= 15 is 0 Å². The van der Waals surface area contributed by atoms with E-state index < -0.39 is 0 Å². The molecule has 0 aliphatic heterocycles. The maximum atomic E-state index is 5.12. The Balaban J connectivity index is 1.19. The molecule has 262 valence electrons. The summed E-state index contributed by atoms with van der Waals surface area (Å²) in [7, 11) is 0. The summed E-state index contributed by atoms with van der Waals surface area (Å²) >= 11 is 0. The summed E-state index contributed by atoms with van der Waals surface area (Å²) in [5, 5.41) is 25.8. The van der Waals surface area contributed by atoms with Crippen molar-refractivity contribution in [3.63, 3.8) is 0 Å².